The van der Waals surface area contributed by atoms with Gasteiger partial charge in [0.05, 0.1) is 6.10 Å². The Bertz CT molecular complexity index is 318. The van der Waals surface area contributed by atoms with E-state index in [1.54, 1.807) is 0 Å². The van der Waals surface area contributed by atoms with Gasteiger partial charge in [-0.1, -0.05) is 25.7 Å². The van der Waals surface area contributed by atoms with Crippen molar-refractivity contribution in [1.82, 2.24) is 4.90 Å². The Morgan fingerprint density at radius 1 is 1.00 bits per heavy atom. The lowest BCUT2D eigenvalue weighted by Gasteiger charge is -2.39. The molecule has 3 rings (SSSR count). The van der Waals surface area contributed by atoms with Crippen LogP contribution in [0.3, 0.4) is 0 Å². The van der Waals surface area contributed by atoms with Gasteiger partial charge in [0.15, 0.2) is 0 Å². The van der Waals surface area contributed by atoms with Crippen LogP contribution in [0.4, 0.5) is 0 Å². The predicted molar refractivity (Wildman–Crippen MR) is 70.0 cm³/mol. The van der Waals surface area contributed by atoms with Gasteiger partial charge in [-0.15, -0.1) is 0 Å². The lowest BCUT2D eigenvalue weighted by atomic mass is 9.67. The number of amides is 1. The molecule has 0 bridgehead atoms. The van der Waals surface area contributed by atoms with Crippen molar-refractivity contribution >= 4 is 5.91 Å². The normalized spacial score (nSPS) is 40.6. The van der Waals surface area contributed by atoms with Crippen LogP contribution in [0.1, 0.15) is 51.4 Å². The number of aliphatic hydroxyl groups is 1. The van der Waals surface area contributed by atoms with E-state index in [-0.39, 0.29) is 12.0 Å². The zero-order valence-corrected chi connectivity index (χ0v) is 11.2. The molecule has 3 heteroatoms. The Balaban J connectivity index is 1.58. The predicted octanol–water partition coefficient (Wildman–Crippen LogP) is 2.19. The van der Waals surface area contributed by atoms with Crippen LogP contribution in [0.15, 0.2) is 0 Å². The summed E-state index contributed by atoms with van der Waals surface area (Å²) in [7, 11) is 0. The van der Waals surface area contributed by atoms with Crippen molar-refractivity contribution in [2.45, 2.75) is 57.5 Å². The zero-order valence-electron chi connectivity index (χ0n) is 11.2. The molecule has 1 heterocycles. The van der Waals surface area contributed by atoms with E-state index in [0.29, 0.717) is 12.5 Å². The van der Waals surface area contributed by atoms with Crippen molar-refractivity contribution in [3.63, 3.8) is 0 Å². The fourth-order valence-electron chi connectivity index (χ4n) is 4.30. The topological polar surface area (TPSA) is 40.5 Å². The van der Waals surface area contributed by atoms with Gasteiger partial charge in [0, 0.05) is 19.0 Å². The summed E-state index contributed by atoms with van der Waals surface area (Å²) >= 11 is 0. The fourth-order valence-corrected chi connectivity index (χ4v) is 4.30. The van der Waals surface area contributed by atoms with E-state index >= 15 is 0 Å². The molecule has 1 amide bonds. The standard InChI is InChI=1S/C15H25NO2/c17-14-7-8-16(10-14)15(18)13-6-5-11-3-1-2-4-12(11)9-13/h11-14,17H,1-10H2/t11-,12+,13-,14-/m1/s1. The number of β-amino-alcohol motifs (C(OH)–C–C–N with tert-alkyl or cyclic N) is 1. The van der Waals surface area contributed by atoms with Gasteiger partial charge in [-0.25, -0.2) is 0 Å². The van der Waals surface area contributed by atoms with E-state index in [4.69, 9.17) is 0 Å². The third-order valence-corrected chi connectivity index (χ3v) is 5.36. The van der Waals surface area contributed by atoms with Gasteiger partial charge in [-0.05, 0) is 37.5 Å². The van der Waals surface area contributed by atoms with Crippen LogP contribution in [0.25, 0.3) is 0 Å². The maximum Gasteiger partial charge on any atom is 0.225 e. The van der Waals surface area contributed by atoms with Gasteiger partial charge in [0.1, 0.15) is 0 Å². The van der Waals surface area contributed by atoms with Crippen LogP contribution in [0, 0.1) is 17.8 Å². The molecule has 0 aromatic carbocycles. The molecule has 1 N–H and O–H groups in total. The van der Waals surface area contributed by atoms with Crippen molar-refractivity contribution < 1.29 is 9.90 Å². The minimum atomic E-state index is -0.278. The van der Waals surface area contributed by atoms with E-state index in [1.807, 2.05) is 4.90 Å². The number of nitrogens with zero attached hydrogens (tertiary/aromatic N) is 1. The Morgan fingerprint density at radius 2 is 1.78 bits per heavy atom. The highest BCUT2D eigenvalue weighted by Crippen LogP contribution is 2.43. The summed E-state index contributed by atoms with van der Waals surface area (Å²) in [5.41, 5.74) is 0. The molecule has 102 valence electrons. The zero-order chi connectivity index (χ0) is 12.5. The van der Waals surface area contributed by atoms with Crippen LogP contribution < -0.4 is 0 Å². The molecule has 3 nitrogen and oxygen atoms in total. The molecule has 0 unspecified atom stereocenters. The minimum absolute atomic E-state index is 0.259. The summed E-state index contributed by atoms with van der Waals surface area (Å²) in [6.07, 6.45) is 9.47. The third-order valence-electron chi connectivity index (χ3n) is 5.36. The molecule has 0 spiro atoms. The Hall–Kier alpha value is -0.570. The highest BCUT2D eigenvalue weighted by atomic mass is 16.3. The third kappa shape index (κ3) is 2.42. The molecule has 18 heavy (non-hydrogen) atoms. The average Bonchev–Trinajstić information content (AvgIpc) is 2.84. The number of carbonyl (C=O) groups is 1. The fraction of sp³-hybridized carbons (Fsp3) is 0.933. The second-order valence-corrected chi connectivity index (χ2v) is 6.54. The maximum absolute atomic E-state index is 12.4. The Kier molecular flexibility index (Phi) is 3.60. The monoisotopic (exact) mass is 251 g/mol. The van der Waals surface area contributed by atoms with Crippen LogP contribution in [0.2, 0.25) is 0 Å². The Labute approximate surface area is 110 Å². The number of rotatable bonds is 1. The molecule has 0 aromatic rings. The maximum atomic E-state index is 12.4. The highest BCUT2D eigenvalue weighted by Gasteiger charge is 2.37. The van der Waals surface area contributed by atoms with E-state index in [1.165, 1.54) is 32.1 Å². The molecule has 1 saturated heterocycles. The van der Waals surface area contributed by atoms with E-state index in [2.05, 4.69) is 0 Å². The molecule has 4 atom stereocenters. The average molecular weight is 251 g/mol. The molecule has 2 saturated carbocycles. The molecule has 0 radical (unpaired) electrons. The summed E-state index contributed by atoms with van der Waals surface area (Å²) in [6, 6.07) is 0. The van der Waals surface area contributed by atoms with Crippen molar-refractivity contribution in [3.8, 4) is 0 Å². The lowest BCUT2D eigenvalue weighted by molar-refractivity contribution is -0.137. The summed E-state index contributed by atoms with van der Waals surface area (Å²) in [5.74, 6) is 2.31. The van der Waals surface area contributed by atoms with E-state index < -0.39 is 0 Å². The second-order valence-electron chi connectivity index (χ2n) is 6.54. The number of fused-ring (bicyclic) bond motifs is 1. The first-order chi connectivity index (χ1) is 8.74. The van der Waals surface area contributed by atoms with Crippen molar-refractivity contribution in [3.05, 3.63) is 0 Å². The Morgan fingerprint density at radius 3 is 2.50 bits per heavy atom. The molecule has 3 fully saturated rings. The van der Waals surface area contributed by atoms with Gasteiger partial charge in [-0.3, -0.25) is 4.79 Å². The van der Waals surface area contributed by atoms with E-state index in [0.717, 1.165) is 37.6 Å². The first-order valence-electron chi connectivity index (χ1n) is 7.71. The number of aliphatic hydroxyl groups excluding tert-OH is 1. The number of likely N-dealkylation sites (tertiary alicyclic amines) is 1. The van der Waals surface area contributed by atoms with E-state index in [9.17, 15) is 9.90 Å². The first-order valence-corrected chi connectivity index (χ1v) is 7.71. The van der Waals surface area contributed by atoms with Gasteiger partial charge in [0.25, 0.3) is 0 Å². The summed E-state index contributed by atoms with van der Waals surface area (Å²) in [4.78, 5) is 14.3. The van der Waals surface area contributed by atoms with Crippen LogP contribution in [-0.4, -0.2) is 35.1 Å². The van der Waals surface area contributed by atoms with Gasteiger partial charge in [-0.2, -0.15) is 0 Å². The largest absolute Gasteiger partial charge is 0.391 e. The van der Waals surface area contributed by atoms with Gasteiger partial charge >= 0.3 is 0 Å². The second kappa shape index (κ2) is 5.20. The molecular weight excluding hydrogens is 226 g/mol. The van der Waals surface area contributed by atoms with Gasteiger partial charge in [0.2, 0.25) is 5.91 Å². The summed E-state index contributed by atoms with van der Waals surface area (Å²) < 4.78 is 0. The number of carbonyl (C=O) groups excluding carboxylic acids is 1. The molecule has 2 aliphatic carbocycles. The smallest absolute Gasteiger partial charge is 0.225 e. The first kappa shape index (κ1) is 12.5. The van der Waals surface area contributed by atoms with Crippen molar-refractivity contribution in [2.24, 2.45) is 17.8 Å². The van der Waals surface area contributed by atoms with Crippen LogP contribution in [0.5, 0.6) is 0 Å². The number of hydrogen-bond acceptors (Lipinski definition) is 2. The molecule has 0 aromatic heterocycles. The lowest BCUT2D eigenvalue weighted by Crippen LogP contribution is -2.39. The highest BCUT2D eigenvalue weighted by molar-refractivity contribution is 5.79. The SMILES string of the molecule is O=C([C@@H]1CC[C@H]2CCCC[C@H]2C1)N1CC[C@@H](O)C1. The van der Waals surface area contributed by atoms with Crippen LogP contribution >= 0.6 is 0 Å². The molecular formula is C15H25NO2. The van der Waals surface area contributed by atoms with Gasteiger partial charge < -0.3 is 10.0 Å². The van der Waals surface area contributed by atoms with Crippen LogP contribution in [-0.2, 0) is 4.79 Å². The molecule has 1 aliphatic heterocycles. The van der Waals surface area contributed by atoms with Crippen molar-refractivity contribution in [2.75, 3.05) is 13.1 Å². The number of hydrogen-bond donors (Lipinski definition) is 1. The quantitative estimate of drug-likeness (QED) is 0.776. The van der Waals surface area contributed by atoms with Crippen molar-refractivity contribution in [1.29, 1.82) is 0 Å². The molecule has 3 aliphatic rings. The summed E-state index contributed by atoms with van der Waals surface area (Å²) in [5, 5.41) is 9.54. The minimum Gasteiger partial charge on any atom is -0.391 e. The summed E-state index contributed by atoms with van der Waals surface area (Å²) in [6.45, 7) is 1.34.